The molecule has 8 nitrogen and oxygen atoms in total. The van der Waals surface area contributed by atoms with Gasteiger partial charge in [0.15, 0.2) is 28.9 Å². The van der Waals surface area contributed by atoms with Gasteiger partial charge in [0.1, 0.15) is 21.5 Å². The summed E-state index contributed by atoms with van der Waals surface area (Å²) in [4.78, 5) is 0. The molecule has 216 valence electrons. The Morgan fingerprint density at radius 1 is 0.857 bits per heavy atom. The minimum atomic E-state index is -4.47. The van der Waals surface area contributed by atoms with Crippen molar-refractivity contribution in [2.75, 3.05) is 18.8 Å². The van der Waals surface area contributed by atoms with Crippen LogP contribution in [0, 0.1) is 0 Å². The largest absolute Gasteiger partial charge is 1.00 e. The maximum atomic E-state index is 12.0. The Kier molecular flexibility index (Phi) is 9.36. The van der Waals surface area contributed by atoms with Crippen molar-refractivity contribution in [2.24, 2.45) is 0 Å². The first-order valence-corrected chi connectivity index (χ1v) is 16.5. The van der Waals surface area contributed by atoms with E-state index in [-0.39, 0.29) is 74.4 Å². The van der Waals surface area contributed by atoms with E-state index in [1.165, 1.54) is 0 Å². The molecule has 2 unspecified atom stereocenters. The van der Waals surface area contributed by atoms with Crippen molar-refractivity contribution in [3.8, 4) is 0 Å². The molecule has 0 N–H and O–H groups in total. The maximum Gasteiger partial charge on any atom is 1.00 e. The van der Waals surface area contributed by atoms with Gasteiger partial charge in [0.05, 0.1) is 16.6 Å². The first-order valence-electron chi connectivity index (χ1n) is 13.4. The van der Waals surface area contributed by atoms with Crippen LogP contribution in [0.4, 0.5) is 11.4 Å². The second-order valence-corrected chi connectivity index (χ2v) is 14.8. The quantitative estimate of drug-likeness (QED) is 0.108. The number of fused-ring (bicyclic) bond motifs is 3. The number of quaternary nitrogens is 1. The summed E-state index contributed by atoms with van der Waals surface area (Å²) >= 11 is 0. The summed E-state index contributed by atoms with van der Waals surface area (Å²) in [5.74, 6) is -0.489. The molecule has 2 aromatic carbocycles. The van der Waals surface area contributed by atoms with Crippen LogP contribution >= 0.6 is 0 Å². The van der Waals surface area contributed by atoms with Crippen LogP contribution in [0.5, 0.6) is 0 Å². The molecule has 0 aromatic heterocycles. The maximum absolute atomic E-state index is 12.0. The smallest absolute Gasteiger partial charge is 0.748 e. The fraction of sp³-hybridized carbons (Fsp3) is 0.323. The number of para-hydroxylation sites is 2. The van der Waals surface area contributed by atoms with Crippen LogP contribution in [0.3, 0.4) is 0 Å². The Balaban J connectivity index is 0.00000405. The Morgan fingerprint density at radius 2 is 1.45 bits per heavy atom. The number of rotatable bonds is 8. The minimum absolute atomic E-state index is 0. The zero-order chi connectivity index (χ0) is 29.8. The molecule has 2 atom stereocenters. The molecule has 0 radical (unpaired) electrons. The van der Waals surface area contributed by atoms with Gasteiger partial charge in [-0.1, -0.05) is 66.8 Å². The summed E-state index contributed by atoms with van der Waals surface area (Å²) in [6.07, 6.45) is 13.1. The second kappa shape index (κ2) is 11.8. The van der Waals surface area contributed by atoms with Gasteiger partial charge < -0.3 is 9.11 Å². The first kappa shape index (κ1) is 33.4. The average molecular weight is 634 g/mol. The van der Waals surface area contributed by atoms with E-state index in [9.17, 15) is 25.9 Å². The third-order valence-electron chi connectivity index (χ3n) is 8.53. The van der Waals surface area contributed by atoms with E-state index in [4.69, 9.17) is 0 Å². The Bertz CT molecular complexity index is 1790. The molecule has 5 rings (SSSR count). The molecule has 42 heavy (non-hydrogen) atoms. The van der Waals surface area contributed by atoms with Crippen molar-refractivity contribution >= 4 is 37.3 Å². The SMILES string of the molecule is CC1(C)C(/C=C/C=C/C=C/C=C2\C(C)(C)c3ccccc3[N+]23CC3S(=O)(=O)[O-])=[N+](CCS(=O)(=O)[O-])c2ccccc21.[K+]. The van der Waals surface area contributed by atoms with Gasteiger partial charge in [0, 0.05) is 23.3 Å². The van der Waals surface area contributed by atoms with Crippen LogP contribution < -0.4 is 55.9 Å². The van der Waals surface area contributed by atoms with Gasteiger partial charge in [-0.3, -0.25) is 0 Å². The molecule has 3 heterocycles. The molecule has 1 spiro atoms. The molecule has 0 bridgehead atoms. The molecule has 11 heteroatoms. The standard InChI is InChI=1S/C31H34N2O6S2.K/c1-30(2)23-14-10-12-16-25(23)32(20-21-40(34,35)36)27(30)18-8-6-5-7-9-19-28-31(3,4)24-15-11-13-17-26(24)33(28)22-29(33)41(37,38)39;/h5-19,29H,20-22H2,1-4H3;/q;+1/b6-5+,9-7+,18-8+,28-19+;. The summed E-state index contributed by atoms with van der Waals surface area (Å²) in [5, 5.41) is -1.01. The number of benzene rings is 2. The molecule has 0 saturated carbocycles. The van der Waals surface area contributed by atoms with E-state index in [2.05, 4.69) is 13.8 Å². The fourth-order valence-electron chi connectivity index (χ4n) is 6.55. The predicted octanol–water partition coefficient (Wildman–Crippen LogP) is 1.35. The summed E-state index contributed by atoms with van der Waals surface area (Å²) in [6, 6.07) is 15.5. The van der Waals surface area contributed by atoms with Gasteiger partial charge in [0.25, 0.3) is 0 Å². The van der Waals surface area contributed by atoms with Crippen molar-refractivity contribution in [1.29, 1.82) is 0 Å². The third-order valence-corrected chi connectivity index (χ3v) is 10.4. The zero-order valence-corrected chi connectivity index (χ0v) is 29.3. The number of allylic oxidation sites excluding steroid dienone is 8. The van der Waals surface area contributed by atoms with E-state index >= 15 is 0 Å². The van der Waals surface area contributed by atoms with E-state index in [1.807, 2.05) is 109 Å². The van der Waals surface area contributed by atoms with Gasteiger partial charge in [-0.15, -0.1) is 0 Å². The summed E-state index contributed by atoms with van der Waals surface area (Å²) in [5.41, 5.74) is 4.78. The first-order chi connectivity index (χ1) is 19.1. The molecular formula is C31H34KN2O6S2+. The van der Waals surface area contributed by atoms with Gasteiger partial charge in [-0.05, 0) is 39.8 Å². The molecule has 1 saturated heterocycles. The van der Waals surface area contributed by atoms with Crippen molar-refractivity contribution < 1.29 is 81.9 Å². The van der Waals surface area contributed by atoms with Gasteiger partial charge in [0.2, 0.25) is 11.1 Å². The number of hydrogen-bond acceptors (Lipinski definition) is 6. The van der Waals surface area contributed by atoms with Crippen LogP contribution in [0.15, 0.2) is 96.8 Å². The van der Waals surface area contributed by atoms with E-state index in [1.54, 1.807) is 0 Å². The zero-order valence-electron chi connectivity index (χ0n) is 24.5. The molecule has 0 aliphatic carbocycles. The number of nitrogens with zero attached hydrogens (tertiary/aromatic N) is 2. The van der Waals surface area contributed by atoms with Crippen molar-refractivity contribution in [1.82, 2.24) is 4.48 Å². The van der Waals surface area contributed by atoms with E-state index < -0.39 is 36.8 Å². The van der Waals surface area contributed by atoms with Crippen molar-refractivity contribution in [3.63, 3.8) is 0 Å². The molecule has 1 fully saturated rings. The minimum Gasteiger partial charge on any atom is -0.748 e. The van der Waals surface area contributed by atoms with Crippen LogP contribution in [-0.4, -0.2) is 60.4 Å². The van der Waals surface area contributed by atoms with Gasteiger partial charge in [-0.2, -0.15) is 4.58 Å². The summed E-state index contributed by atoms with van der Waals surface area (Å²) < 4.78 is 72.1. The molecule has 0 amide bonds. The number of hydrogen-bond donors (Lipinski definition) is 0. The van der Waals surface area contributed by atoms with Crippen LogP contribution in [-0.2, 0) is 31.1 Å². The van der Waals surface area contributed by atoms with Crippen LogP contribution in [0.1, 0.15) is 38.8 Å². The monoisotopic (exact) mass is 633 g/mol. The third kappa shape index (κ3) is 5.93. The van der Waals surface area contributed by atoms with E-state index in [0.29, 0.717) is 0 Å². The fourth-order valence-corrected chi connectivity index (χ4v) is 8.04. The van der Waals surface area contributed by atoms with Crippen molar-refractivity contribution in [2.45, 2.75) is 43.9 Å². The topological polar surface area (TPSA) is 117 Å². The van der Waals surface area contributed by atoms with Gasteiger partial charge in [-0.25, -0.2) is 21.3 Å². The average Bonchev–Trinajstić information content (AvgIpc) is 3.57. The van der Waals surface area contributed by atoms with Crippen molar-refractivity contribution in [3.05, 3.63) is 108 Å². The summed E-state index contributed by atoms with van der Waals surface area (Å²) in [7, 11) is -8.84. The predicted molar refractivity (Wildman–Crippen MR) is 159 cm³/mol. The molecule has 2 aromatic rings. The van der Waals surface area contributed by atoms with E-state index in [0.717, 1.165) is 33.9 Å². The van der Waals surface area contributed by atoms with Crippen LogP contribution in [0.25, 0.3) is 0 Å². The van der Waals surface area contributed by atoms with Gasteiger partial charge >= 0.3 is 51.4 Å². The second-order valence-electron chi connectivity index (χ2n) is 11.8. The Morgan fingerprint density at radius 3 is 2.10 bits per heavy atom. The molecule has 3 aliphatic rings. The Labute approximate surface area is 291 Å². The molecule has 3 aliphatic heterocycles. The Hall–Kier alpha value is -1.51. The van der Waals surface area contributed by atoms with Crippen LogP contribution in [0.2, 0.25) is 0 Å². The molecular weight excluding hydrogens is 600 g/mol. The summed E-state index contributed by atoms with van der Waals surface area (Å²) in [6.45, 7) is 8.54. The normalized spacial score (nSPS) is 25.1.